The second-order valence-corrected chi connectivity index (χ2v) is 6.23. The Balaban J connectivity index is 0. The fraction of sp³-hybridized carbons (Fsp3) is 1.00. The average Bonchev–Trinajstić information content (AvgIpc) is 2.34. The van der Waals surface area contributed by atoms with Gasteiger partial charge in [-0.05, 0) is 27.2 Å². The number of aliphatic hydroxyl groups excluding tert-OH is 1. The van der Waals surface area contributed by atoms with Crippen LogP contribution in [0.1, 0.15) is 59.8 Å². The van der Waals surface area contributed by atoms with E-state index in [0.717, 1.165) is 43.5 Å². The first-order valence-electron chi connectivity index (χ1n) is 7.66. The molecule has 0 aromatic carbocycles. The van der Waals surface area contributed by atoms with Crippen molar-refractivity contribution in [3.8, 4) is 0 Å². The maximum absolute atomic E-state index is 9.64. The predicted molar refractivity (Wildman–Crippen MR) is 81.2 cm³/mol. The zero-order chi connectivity index (χ0) is 14.0. The molecule has 0 aliphatic carbocycles. The van der Waals surface area contributed by atoms with Crippen molar-refractivity contribution in [2.75, 3.05) is 26.2 Å². The lowest BCUT2D eigenvalue weighted by atomic mass is 10.1. The molecule has 2 unspecified atom stereocenters. The second kappa shape index (κ2) is 12.3. The van der Waals surface area contributed by atoms with E-state index in [0.29, 0.717) is 5.38 Å². The van der Waals surface area contributed by atoms with E-state index in [9.17, 15) is 5.11 Å². The normalized spacial score (nSPS) is 14.8. The lowest BCUT2D eigenvalue weighted by Gasteiger charge is -2.38. The number of nitrogens with zero attached hydrogens (tertiary/aromatic N) is 1. The first kappa shape index (κ1) is 21.8. The van der Waals surface area contributed by atoms with Crippen LogP contribution in [-0.2, 0) is 0 Å². The van der Waals surface area contributed by atoms with Crippen LogP contribution in [0.3, 0.4) is 0 Å². The number of halogens is 2. The van der Waals surface area contributed by atoms with E-state index < -0.39 is 0 Å². The number of likely N-dealkylation sites (N-methyl/N-ethyl adjacent to an activating group) is 1. The zero-order valence-corrected chi connectivity index (χ0v) is 14.7. The van der Waals surface area contributed by atoms with Gasteiger partial charge in [-0.15, -0.1) is 11.6 Å². The largest absolute Gasteiger partial charge is 1.00 e. The zero-order valence-electron chi connectivity index (χ0n) is 13.2. The highest BCUT2D eigenvalue weighted by atomic mass is 35.5. The predicted octanol–water partition coefficient (Wildman–Crippen LogP) is 0.806. The Bertz CT molecular complexity index is 197. The Morgan fingerprint density at radius 3 is 2.05 bits per heavy atom. The topological polar surface area (TPSA) is 20.2 Å². The molecule has 0 aromatic heterocycles. The quantitative estimate of drug-likeness (QED) is 0.340. The lowest BCUT2D eigenvalue weighted by molar-refractivity contribution is -0.927. The first-order valence-corrected chi connectivity index (χ1v) is 8.10. The monoisotopic (exact) mass is 313 g/mol. The van der Waals surface area contributed by atoms with Gasteiger partial charge < -0.3 is 22.0 Å². The first-order chi connectivity index (χ1) is 8.49. The molecule has 2 nitrogen and oxygen atoms in total. The van der Waals surface area contributed by atoms with E-state index in [1.807, 2.05) is 6.92 Å². The molecular formula is C15H33Cl2NO. The Morgan fingerprint density at radius 1 is 1.05 bits per heavy atom. The van der Waals surface area contributed by atoms with Crippen molar-refractivity contribution >= 4 is 11.6 Å². The maximum Gasteiger partial charge on any atom is 0.105 e. The summed E-state index contributed by atoms with van der Waals surface area (Å²) in [4.78, 5) is 0. The van der Waals surface area contributed by atoms with E-state index in [1.165, 1.54) is 19.3 Å². The van der Waals surface area contributed by atoms with Gasteiger partial charge in [0.2, 0.25) is 0 Å². The van der Waals surface area contributed by atoms with E-state index in [1.54, 1.807) is 0 Å². The minimum absolute atomic E-state index is 0. The minimum atomic E-state index is -0.223. The van der Waals surface area contributed by atoms with Gasteiger partial charge in [-0.1, -0.05) is 26.2 Å². The Labute approximate surface area is 131 Å². The third kappa shape index (κ3) is 9.95. The molecule has 0 heterocycles. The Hall–Kier alpha value is 0.500. The van der Waals surface area contributed by atoms with E-state index in [2.05, 4.69) is 20.8 Å². The summed E-state index contributed by atoms with van der Waals surface area (Å²) in [5.41, 5.74) is 0. The Kier molecular flexibility index (Phi) is 14.1. The molecule has 1 N–H and O–H groups in total. The smallest absolute Gasteiger partial charge is 0.105 e. The number of aliphatic hydroxyl groups is 1. The molecule has 0 spiro atoms. The molecule has 0 aliphatic heterocycles. The molecule has 0 saturated carbocycles. The number of unbranched alkanes of at least 4 members (excludes halogenated alkanes) is 2. The average molecular weight is 314 g/mol. The summed E-state index contributed by atoms with van der Waals surface area (Å²) in [5, 5.41) is 9.95. The number of quaternary nitrogens is 1. The SMILES string of the molecule is CCCCCC(Cl)CC[N+](CC)(CC)CC(C)O.[Cl-]. The van der Waals surface area contributed by atoms with Gasteiger partial charge in [-0.25, -0.2) is 0 Å². The van der Waals surface area contributed by atoms with Crippen LogP contribution in [0, 0.1) is 0 Å². The van der Waals surface area contributed by atoms with Gasteiger partial charge >= 0.3 is 0 Å². The fourth-order valence-electron chi connectivity index (χ4n) is 2.62. The molecule has 4 heteroatoms. The highest BCUT2D eigenvalue weighted by molar-refractivity contribution is 6.20. The summed E-state index contributed by atoms with van der Waals surface area (Å²) in [6.45, 7) is 12.7. The third-order valence-electron chi connectivity index (χ3n) is 4.03. The molecule has 0 saturated heterocycles. The van der Waals surface area contributed by atoms with E-state index >= 15 is 0 Å². The van der Waals surface area contributed by atoms with Gasteiger partial charge in [0.1, 0.15) is 12.6 Å². The molecule has 0 rings (SSSR count). The molecule has 0 amide bonds. The van der Waals surface area contributed by atoms with Crippen LogP contribution in [0.25, 0.3) is 0 Å². The molecule has 0 radical (unpaired) electrons. The third-order valence-corrected chi connectivity index (χ3v) is 4.47. The number of hydrogen-bond acceptors (Lipinski definition) is 1. The van der Waals surface area contributed by atoms with Crippen LogP contribution in [0.2, 0.25) is 0 Å². The van der Waals surface area contributed by atoms with Gasteiger partial charge in [0.05, 0.1) is 19.6 Å². The summed E-state index contributed by atoms with van der Waals surface area (Å²) >= 11 is 6.40. The van der Waals surface area contributed by atoms with Gasteiger partial charge in [0.25, 0.3) is 0 Å². The standard InChI is InChI=1S/C15H33ClNO.ClH/c1-5-8-9-10-15(16)11-12-17(6-2,7-3)13-14(4)18;/h14-15,18H,5-13H2,1-4H3;1H/q+1;/p-1. The molecule has 0 aliphatic rings. The van der Waals surface area contributed by atoms with Crippen LogP contribution >= 0.6 is 11.6 Å². The number of rotatable bonds is 11. The van der Waals surface area contributed by atoms with Crippen molar-refractivity contribution in [3.63, 3.8) is 0 Å². The van der Waals surface area contributed by atoms with Crippen molar-refractivity contribution in [1.82, 2.24) is 0 Å². The van der Waals surface area contributed by atoms with Crippen LogP contribution in [0.5, 0.6) is 0 Å². The molecule has 0 fully saturated rings. The summed E-state index contributed by atoms with van der Waals surface area (Å²) < 4.78 is 0.995. The van der Waals surface area contributed by atoms with Crippen molar-refractivity contribution in [1.29, 1.82) is 0 Å². The van der Waals surface area contributed by atoms with Crippen LogP contribution in [-0.4, -0.2) is 47.2 Å². The van der Waals surface area contributed by atoms with Crippen LogP contribution in [0.15, 0.2) is 0 Å². The maximum atomic E-state index is 9.64. The lowest BCUT2D eigenvalue weighted by Crippen LogP contribution is -3.00. The molecular weight excluding hydrogens is 281 g/mol. The van der Waals surface area contributed by atoms with Gasteiger partial charge in [0.15, 0.2) is 0 Å². The van der Waals surface area contributed by atoms with Gasteiger partial charge in [0, 0.05) is 11.8 Å². The summed E-state index contributed by atoms with van der Waals surface area (Å²) in [6, 6.07) is 0. The van der Waals surface area contributed by atoms with Crippen molar-refractivity contribution in [3.05, 3.63) is 0 Å². The van der Waals surface area contributed by atoms with Crippen molar-refractivity contribution in [2.45, 2.75) is 71.3 Å². The summed E-state index contributed by atoms with van der Waals surface area (Å²) in [5.74, 6) is 0. The minimum Gasteiger partial charge on any atom is -1.00 e. The fourth-order valence-corrected chi connectivity index (χ4v) is 2.88. The molecule has 2 atom stereocenters. The summed E-state index contributed by atoms with van der Waals surface area (Å²) in [6.07, 6.45) is 5.78. The van der Waals surface area contributed by atoms with Gasteiger partial charge in [-0.2, -0.15) is 0 Å². The Morgan fingerprint density at radius 2 is 1.63 bits per heavy atom. The number of hydrogen-bond donors (Lipinski definition) is 1. The van der Waals surface area contributed by atoms with E-state index in [-0.39, 0.29) is 18.5 Å². The van der Waals surface area contributed by atoms with Crippen molar-refractivity contribution < 1.29 is 22.0 Å². The van der Waals surface area contributed by atoms with Gasteiger partial charge in [-0.3, -0.25) is 0 Å². The number of alkyl halides is 1. The second-order valence-electron chi connectivity index (χ2n) is 5.61. The van der Waals surface area contributed by atoms with Crippen LogP contribution in [0.4, 0.5) is 0 Å². The molecule has 19 heavy (non-hydrogen) atoms. The molecule has 0 bridgehead atoms. The molecule has 0 aromatic rings. The highest BCUT2D eigenvalue weighted by Gasteiger charge is 2.25. The highest BCUT2D eigenvalue weighted by Crippen LogP contribution is 2.17. The molecule has 118 valence electrons. The van der Waals surface area contributed by atoms with Crippen LogP contribution < -0.4 is 12.4 Å². The van der Waals surface area contributed by atoms with E-state index in [4.69, 9.17) is 11.6 Å². The van der Waals surface area contributed by atoms with Crippen molar-refractivity contribution in [2.24, 2.45) is 0 Å². The summed E-state index contributed by atoms with van der Waals surface area (Å²) in [7, 11) is 0.